The molecule has 0 radical (unpaired) electrons. The molecule has 2 bridgehead atoms. The van der Waals surface area contributed by atoms with Crippen molar-refractivity contribution < 1.29 is 48.0 Å². The average molecular weight is 567 g/mol. The summed E-state index contributed by atoms with van der Waals surface area (Å²) in [5, 5.41) is 12.2. The Morgan fingerprint density at radius 3 is 2.17 bits per heavy atom. The predicted octanol–water partition coefficient (Wildman–Crippen LogP) is 3.66. The highest BCUT2D eigenvalue weighted by atomic mass is 16.6. The van der Waals surface area contributed by atoms with E-state index in [0.29, 0.717) is 24.8 Å². The monoisotopic (exact) mass is 566 g/mol. The Morgan fingerprint density at radius 1 is 1.05 bits per heavy atom. The number of aliphatic hydroxyl groups is 1. The third kappa shape index (κ3) is 6.38. The Hall–Kier alpha value is -2.46. The first-order valence-corrected chi connectivity index (χ1v) is 14.3. The summed E-state index contributed by atoms with van der Waals surface area (Å²) in [7, 11) is 0. The van der Waals surface area contributed by atoms with Crippen molar-refractivity contribution in [3.63, 3.8) is 0 Å². The number of fused-ring (bicyclic) bond motifs is 5. The smallest absolute Gasteiger partial charge is 0.306 e. The van der Waals surface area contributed by atoms with Crippen molar-refractivity contribution in [2.75, 3.05) is 0 Å². The number of carbonyl (C=O) groups is 4. The molecule has 3 rings (SSSR count). The lowest BCUT2D eigenvalue weighted by molar-refractivity contribution is -0.240. The van der Waals surface area contributed by atoms with Crippen molar-refractivity contribution in [3.05, 3.63) is 12.2 Å². The van der Waals surface area contributed by atoms with Gasteiger partial charge in [0.1, 0.15) is 29.5 Å². The fraction of sp³-hybridized carbons (Fsp3) is 0.800. The van der Waals surface area contributed by atoms with Crippen LogP contribution in [-0.4, -0.2) is 70.7 Å². The highest BCUT2D eigenvalue weighted by molar-refractivity contribution is 5.70. The van der Waals surface area contributed by atoms with E-state index in [2.05, 4.69) is 6.58 Å². The Balaban J connectivity index is 2.22. The van der Waals surface area contributed by atoms with Crippen LogP contribution in [0, 0.1) is 23.7 Å². The van der Waals surface area contributed by atoms with E-state index in [-0.39, 0.29) is 24.7 Å². The van der Waals surface area contributed by atoms with Gasteiger partial charge in [-0.3, -0.25) is 19.2 Å². The van der Waals surface area contributed by atoms with Crippen LogP contribution in [0.25, 0.3) is 0 Å². The van der Waals surface area contributed by atoms with E-state index >= 15 is 0 Å². The van der Waals surface area contributed by atoms with E-state index in [1.165, 1.54) is 20.8 Å². The molecule has 10 atom stereocenters. The van der Waals surface area contributed by atoms with Crippen LogP contribution in [0.1, 0.15) is 87.5 Å². The quantitative estimate of drug-likeness (QED) is 0.276. The molecule has 3 fully saturated rings. The van der Waals surface area contributed by atoms with Crippen LogP contribution in [0.15, 0.2) is 12.2 Å². The number of rotatable bonds is 7. The van der Waals surface area contributed by atoms with Crippen LogP contribution in [0.2, 0.25) is 0 Å². The molecular formula is C30H46O10. The predicted molar refractivity (Wildman–Crippen MR) is 144 cm³/mol. The first kappa shape index (κ1) is 32.1. The summed E-state index contributed by atoms with van der Waals surface area (Å²) in [5.41, 5.74) is -2.23. The SMILES string of the molecule is C=C1C[C@H]2O[C@H]([C@@H]3[C@@H](C(C)C)[C@H](OC(C)=O)[C@@H](OC(C)=O)[C@@](C)(O)[C@@H]32)[C@](C)(OC(=O)CCC)CC[C@@H]1OC(C)=O. The summed E-state index contributed by atoms with van der Waals surface area (Å²) in [5.74, 6) is -3.57. The average Bonchev–Trinajstić information content (AvgIpc) is 3.19. The van der Waals surface area contributed by atoms with Gasteiger partial charge in [0, 0.05) is 44.9 Å². The zero-order valence-electron chi connectivity index (χ0n) is 25.1. The van der Waals surface area contributed by atoms with Crippen molar-refractivity contribution in [2.24, 2.45) is 23.7 Å². The Labute approximate surface area is 237 Å². The van der Waals surface area contributed by atoms with Crippen LogP contribution in [0.3, 0.4) is 0 Å². The van der Waals surface area contributed by atoms with Crippen LogP contribution in [-0.2, 0) is 42.9 Å². The molecule has 10 heteroatoms. The van der Waals surface area contributed by atoms with Crippen molar-refractivity contribution in [3.8, 4) is 0 Å². The largest absolute Gasteiger partial charge is 0.458 e. The van der Waals surface area contributed by atoms with E-state index in [4.69, 9.17) is 23.7 Å². The van der Waals surface area contributed by atoms with Gasteiger partial charge in [-0.1, -0.05) is 27.4 Å². The minimum atomic E-state index is -1.69. The molecular weight excluding hydrogens is 520 g/mol. The van der Waals surface area contributed by atoms with E-state index < -0.39 is 77.4 Å². The third-order valence-electron chi connectivity index (χ3n) is 8.76. The van der Waals surface area contributed by atoms with Gasteiger partial charge < -0.3 is 28.8 Å². The summed E-state index contributed by atoms with van der Waals surface area (Å²) in [6.45, 7) is 17.3. The molecule has 2 heterocycles. The van der Waals surface area contributed by atoms with Crippen molar-refractivity contribution in [1.82, 2.24) is 0 Å². The Kier molecular flexibility index (Phi) is 9.77. The lowest BCUT2D eigenvalue weighted by atomic mass is 9.55. The topological polar surface area (TPSA) is 135 Å². The molecule has 2 aliphatic heterocycles. The van der Waals surface area contributed by atoms with Crippen LogP contribution in [0.5, 0.6) is 0 Å². The summed E-state index contributed by atoms with van der Waals surface area (Å²) >= 11 is 0. The first-order valence-electron chi connectivity index (χ1n) is 14.3. The third-order valence-corrected chi connectivity index (χ3v) is 8.76. The molecule has 226 valence electrons. The molecule has 3 aliphatic rings. The second kappa shape index (κ2) is 12.2. The van der Waals surface area contributed by atoms with Crippen molar-refractivity contribution >= 4 is 23.9 Å². The molecule has 0 aromatic rings. The number of ether oxygens (including phenoxy) is 5. The summed E-state index contributed by atoms with van der Waals surface area (Å²) in [4.78, 5) is 49.4. The van der Waals surface area contributed by atoms with Gasteiger partial charge in [-0.05, 0) is 51.0 Å². The lowest BCUT2D eigenvalue weighted by Crippen LogP contribution is -2.68. The Bertz CT molecular complexity index is 1000. The van der Waals surface area contributed by atoms with Gasteiger partial charge in [0.2, 0.25) is 0 Å². The molecule has 0 spiro atoms. The summed E-state index contributed by atoms with van der Waals surface area (Å²) in [6.07, 6.45) is -2.32. The molecule has 0 unspecified atom stereocenters. The van der Waals surface area contributed by atoms with Gasteiger partial charge in [-0.25, -0.2) is 0 Å². The Morgan fingerprint density at radius 2 is 1.65 bits per heavy atom. The van der Waals surface area contributed by atoms with Gasteiger partial charge in [0.05, 0.1) is 6.10 Å². The molecule has 1 N–H and O–H groups in total. The number of hydrogen-bond acceptors (Lipinski definition) is 10. The maximum atomic E-state index is 12.9. The second-order valence-corrected chi connectivity index (χ2v) is 12.4. The van der Waals surface area contributed by atoms with E-state index in [1.54, 1.807) is 6.92 Å². The molecule has 0 aromatic carbocycles. The van der Waals surface area contributed by atoms with Crippen molar-refractivity contribution in [2.45, 2.75) is 129 Å². The fourth-order valence-corrected chi connectivity index (χ4v) is 7.32. The molecule has 1 aliphatic carbocycles. The van der Waals surface area contributed by atoms with Gasteiger partial charge in [0.15, 0.2) is 6.10 Å². The van der Waals surface area contributed by atoms with E-state index in [1.807, 2.05) is 27.7 Å². The van der Waals surface area contributed by atoms with Gasteiger partial charge in [-0.15, -0.1) is 0 Å². The second-order valence-electron chi connectivity index (χ2n) is 12.4. The number of carbonyl (C=O) groups excluding carboxylic acids is 4. The molecule has 0 amide bonds. The maximum Gasteiger partial charge on any atom is 0.306 e. The van der Waals surface area contributed by atoms with Crippen molar-refractivity contribution in [1.29, 1.82) is 0 Å². The van der Waals surface area contributed by atoms with Gasteiger partial charge in [0.25, 0.3) is 0 Å². The minimum Gasteiger partial charge on any atom is -0.458 e. The van der Waals surface area contributed by atoms with Gasteiger partial charge in [-0.2, -0.15) is 0 Å². The van der Waals surface area contributed by atoms with E-state index in [0.717, 1.165) is 0 Å². The summed E-state index contributed by atoms with van der Waals surface area (Å²) in [6, 6.07) is 0. The van der Waals surface area contributed by atoms with Crippen LogP contribution < -0.4 is 0 Å². The first-order chi connectivity index (χ1) is 18.5. The lowest BCUT2D eigenvalue weighted by Gasteiger charge is -2.55. The van der Waals surface area contributed by atoms with E-state index in [9.17, 15) is 24.3 Å². The molecule has 40 heavy (non-hydrogen) atoms. The molecule has 2 saturated heterocycles. The fourth-order valence-electron chi connectivity index (χ4n) is 7.32. The zero-order valence-corrected chi connectivity index (χ0v) is 25.1. The molecule has 10 nitrogen and oxygen atoms in total. The summed E-state index contributed by atoms with van der Waals surface area (Å²) < 4.78 is 30.0. The highest BCUT2D eigenvalue weighted by Crippen LogP contribution is 2.58. The number of esters is 4. The normalized spacial score (nSPS) is 39.3. The van der Waals surface area contributed by atoms with Crippen LogP contribution >= 0.6 is 0 Å². The van der Waals surface area contributed by atoms with Gasteiger partial charge >= 0.3 is 23.9 Å². The number of hydrogen-bond donors (Lipinski definition) is 1. The molecule has 1 saturated carbocycles. The molecule has 0 aromatic heterocycles. The maximum absolute atomic E-state index is 12.9. The van der Waals surface area contributed by atoms with Crippen LogP contribution in [0.4, 0.5) is 0 Å². The zero-order chi connectivity index (χ0) is 30.2. The standard InChI is InChI=1S/C30H46O10/c1-10-11-22(34)40-29(8)13-12-20(36-17(5)31)16(4)14-21-25-24(27(29)39-21)23(15(2)3)26(37-18(6)32)28(30(25,9)35)38-19(7)33/h15,20-21,23-28,35H,4,10-14H2,1-3,5-9H3/t20-,21+,23+,24+,25+,26-,27+,28+,29+,30-/m0/s1. The highest BCUT2D eigenvalue weighted by Gasteiger charge is 2.69. The minimum absolute atomic E-state index is 0.0913.